The predicted octanol–water partition coefficient (Wildman–Crippen LogP) is 4.34. The first-order chi connectivity index (χ1) is 7.84. The van der Waals surface area contributed by atoms with E-state index in [-0.39, 0.29) is 0 Å². The minimum absolute atomic E-state index is 0.465. The van der Waals surface area contributed by atoms with Crippen molar-refractivity contribution in [1.82, 2.24) is 0 Å². The molecular weight excluding hydrogens is 226 g/mol. The van der Waals surface area contributed by atoms with E-state index in [0.29, 0.717) is 11.5 Å². The van der Waals surface area contributed by atoms with Crippen molar-refractivity contribution in [2.45, 2.75) is 0 Å². The molecule has 2 aromatic carbocycles. The highest BCUT2D eigenvalue weighted by Crippen LogP contribution is 2.41. The lowest BCUT2D eigenvalue weighted by Crippen LogP contribution is -1.90. The summed E-state index contributed by atoms with van der Waals surface area (Å²) in [6, 6.07) is 17.5. The molecule has 2 nitrogen and oxygen atoms in total. The summed E-state index contributed by atoms with van der Waals surface area (Å²) in [6.07, 6.45) is 0. The molecule has 0 amide bonds. The van der Waals surface area contributed by atoms with Crippen LogP contribution in [0.4, 0.5) is 4.20 Å². The number of rotatable bonds is 4. The molecule has 2 rings (SSSR count). The van der Waals surface area contributed by atoms with Crippen molar-refractivity contribution in [3.63, 3.8) is 0 Å². The maximum Gasteiger partial charge on any atom is 0.505 e. The summed E-state index contributed by atoms with van der Waals surface area (Å²) in [7, 11) is -2.43. The van der Waals surface area contributed by atoms with E-state index in [2.05, 4.69) is 0 Å². The van der Waals surface area contributed by atoms with Crippen molar-refractivity contribution in [3.05, 3.63) is 60.7 Å². The third kappa shape index (κ3) is 3.21. The summed E-state index contributed by atoms with van der Waals surface area (Å²) >= 11 is 0. The van der Waals surface area contributed by atoms with Gasteiger partial charge in [-0.3, -0.25) is 0 Å². The van der Waals surface area contributed by atoms with Crippen LogP contribution in [0.25, 0.3) is 0 Å². The van der Waals surface area contributed by atoms with Gasteiger partial charge in [0, 0.05) is 0 Å². The first kappa shape index (κ1) is 10.9. The van der Waals surface area contributed by atoms with Gasteiger partial charge in [-0.25, -0.2) is 0 Å². The average molecular weight is 236 g/mol. The normalized spacial score (nSPS) is 10.1. The maximum atomic E-state index is 13.4. The molecule has 0 heterocycles. The van der Waals surface area contributed by atoms with Crippen molar-refractivity contribution in [2.75, 3.05) is 0 Å². The highest BCUT2D eigenvalue weighted by molar-refractivity contribution is 7.42. The summed E-state index contributed by atoms with van der Waals surface area (Å²) in [5.41, 5.74) is 0. The zero-order valence-corrected chi connectivity index (χ0v) is 9.31. The quantitative estimate of drug-likeness (QED) is 0.735. The molecule has 82 valence electrons. The van der Waals surface area contributed by atoms with Crippen molar-refractivity contribution in [1.29, 1.82) is 0 Å². The van der Waals surface area contributed by atoms with Crippen LogP contribution in [-0.2, 0) is 0 Å². The Balaban J connectivity index is 1.92. The lowest BCUT2D eigenvalue weighted by molar-refractivity contribution is 0.439. The summed E-state index contributed by atoms with van der Waals surface area (Å²) < 4.78 is 23.4. The monoisotopic (exact) mass is 236 g/mol. The minimum atomic E-state index is -2.43. The number of benzene rings is 2. The van der Waals surface area contributed by atoms with Gasteiger partial charge in [0.05, 0.1) is 0 Å². The van der Waals surface area contributed by atoms with E-state index in [1.807, 2.05) is 12.1 Å². The Morgan fingerprint density at radius 2 is 1.06 bits per heavy atom. The molecule has 0 fully saturated rings. The Bertz CT molecular complexity index is 380. The summed E-state index contributed by atoms with van der Waals surface area (Å²) in [4.78, 5) is 0. The number of hydrogen-bond acceptors (Lipinski definition) is 2. The van der Waals surface area contributed by atoms with E-state index >= 15 is 0 Å². The van der Waals surface area contributed by atoms with Crippen LogP contribution < -0.4 is 9.05 Å². The predicted molar refractivity (Wildman–Crippen MR) is 62.2 cm³/mol. The summed E-state index contributed by atoms with van der Waals surface area (Å²) in [6.45, 7) is 0. The minimum Gasteiger partial charge on any atom is -0.415 e. The third-order valence-electron chi connectivity index (χ3n) is 1.84. The molecule has 0 saturated carbocycles. The Kier molecular flexibility index (Phi) is 3.73. The summed E-state index contributed by atoms with van der Waals surface area (Å²) in [5, 5.41) is 0. The molecule has 2 aromatic rings. The average Bonchev–Trinajstić information content (AvgIpc) is 2.31. The molecule has 0 spiro atoms. The first-order valence-electron chi connectivity index (χ1n) is 4.76. The Morgan fingerprint density at radius 3 is 1.44 bits per heavy atom. The van der Waals surface area contributed by atoms with Crippen LogP contribution in [-0.4, -0.2) is 0 Å². The fraction of sp³-hybridized carbons (Fsp3) is 0. The van der Waals surface area contributed by atoms with Gasteiger partial charge < -0.3 is 9.05 Å². The van der Waals surface area contributed by atoms with Crippen LogP contribution in [0.1, 0.15) is 0 Å². The number of hydrogen-bond donors (Lipinski definition) is 0. The second kappa shape index (κ2) is 5.47. The van der Waals surface area contributed by atoms with Crippen molar-refractivity contribution >= 4 is 8.69 Å². The fourth-order valence-corrected chi connectivity index (χ4v) is 1.76. The molecule has 16 heavy (non-hydrogen) atoms. The second-order valence-corrected chi connectivity index (χ2v) is 3.81. The third-order valence-corrected chi connectivity index (χ3v) is 2.55. The van der Waals surface area contributed by atoms with Gasteiger partial charge in [-0.15, -0.1) is 4.20 Å². The zero-order chi connectivity index (χ0) is 11.2. The second-order valence-electron chi connectivity index (χ2n) is 3.02. The standard InChI is InChI=1S/C12H10FO2P/c13-16(14-11-7-3-1-4-8-11)15-12-9-5-2-6-10-12/h1-10H. The van der Waals surface area contributed by atoms with Gasteiger partial charge in [0.25, 0.3) is 0 Å². The lowest BCUT2D eigenvalue weighted by atomic mass is 10.3. The molecular formula is C12H10FO2P. The van der Waals surface area contributed by atoms with Crippen LogP contribution in [0.15, 0.2) is 60.7 Å². The van der Waals surface area contributed by atoms with Crippen LogP contribution in [0.5, 0.6) is 11.5 Å². The molecule has 0 N–H and O–H groups in total. The SMILES string of the molecule is FP(Oc1ccccc1)Oc1ccccc1. The maximum absolute atomic E-state index is 13.4. The Morgan fingerprint density at radius 1 is 0.688 bits per heavy atom. The van der Waals surface area contributed by atoms with Crippen LogP contribution >= 0.6 is 8.69 Å². The molecule has 0 unspecified atom stereocenters. The van der Waals surface area contributed by atoms with Crippen molar-refractivity contribution in [2.24, 2.45) is 0 Å². The van der Waals surface area contributed by atoms with Gasteiger partial charge in [-0.2, -0.15) is 0 Å². The molecule has 0 saturated heterocycles. The van der Waals surface area contributed by atoms with Crippen molar-refractivity contribution < 1.29 is 13.2 Å². The van der Waals surface area contributed by atoms with E-state index in [1.54, 1.807) is 48.5 Å². The van der Waals surface area contributed by atoms with Crippen LogP contribution in [0.2, 0.25) is 0 Å². The van der Waals surface area contributed by atoms with Crippen molar-refractivity contribution in [3.8, 4) is 11.5 Å². The van der Waals surface area contributed by atoms with Gasteiger partial charge >= 0.3 is 8.69 Å². The summed E-state index contributed by atoms with van der Waals surface area (Å²) in [5.74, 6) is 0.930. The molecule has 0 bridgehead atoms. The van der Waals surface area contributed by atoms with Crippen LogP contribution in [0.3, 0.4) is 0 Å². The van der Waals surface area contributed by atoms with E-state index < -0.39 is 8.69 Å². The fourth-order valence-electron chi connectivity index (χ4n) is 1.15. The molecule has 0 atom stereocenters. The molecule has 0 aliphatic carbocycles. The van der Waals surface area contributed by atoms with Crippen LogP contribution in [0, 0.1) is 0 Å². The van der Waals surface area contributed by atoms with E-state index in [1.165, 1.54) is 0 Å². The molecule has 4 heteroatoms. The highest BCUT2D eigenvalue weighted by atomic mass is 31.2. The van der Waals surface area contributed by atoms with Gasteiger partial charge in [-0.05, 0) is 24.3 Å². The Hall–Kier alpha value is -1.60. The van der Waals surface area contributed by atoms with Gasteiger partial charge in [0.15, 0.2) is 0 Å². The molecule has 0 aliphatic rings. The van der Waals surface area contributed by atoms with E-state index in [4.69, 9.17) is 9.05 Å². The van der Waals surface area contributed by atoms with E-state index in [0.717, 1.165) is 0 Å². The largest absolute Gasteiger partial charge is 0.505 e. The van der Waals surface area contributed by atoms with Gasteiger partial charge in [0.1, 0.15) is 11.5 Å². The lowest BCUT2D eigenvalue weighted by Gasteiger charge is -2.09. The number of halogens is 1. The first-order valence-corrected chi connectivity index (χ1v) is 5.83. The Labute approximate surface area is 94.7 Å². The van der Waals surface area contributed by atoms with Gasteiger partial charge in [0.2, 0.25) is 0 Å². The molecule has 0 aromatic heterocycles. The molecule has 0 aliphatic heterocycles. The highest BCUT2D eigenvalue weighted by Gasteiger charge is 2.13. The number of para-hydroxylation sites is 2. The molecule has 0 radical (unpaired) electrons. The smallest absolute Gasteiger partial charge is 0.415 e. The van der Waals surface area contributed by atoms with Gasteiger partial charge in [-0.1, -0.05) is 36.4 Å². The van der Waals surface area contributed by atoms with E-state index in [9.17, 15) is 4.20 Å². The topological polar surface area (TPSA) is 18.5 Å². The zero-order valence-electron chi connectivity index (χ0n) is 8.42.